The van der Waals surface area contributed by atoms with E-state index in [0.29, 0.717) is 12.1 Å². The first-order valence-electron chi connectivity index (χ1n) is 5.07. The lowest BCUT2D eigenvalue weighted by Gasteiger charge is -2.04. The number of carbonyl (C=O) groups is 1. The Morgan fingerprint density at radius 1 is 1.12 bits per heavy atom. The normalized spacial score (nSPS) is 9.75. The molecule has 0 bridgehead atoms. The molecule has 0 aliphatic rings. The van der Waals surface area contributed by atoms with Crippen LogP contribution >= 0.6 is 0 Å². The molecule has 2 aromatic rings. The van der Waals surface area contributed by atoms with Gasteiger partial charge in [0.25, 0.3) is 5.91 Å². The van der Waals surface area contributed by atoms with Crippen molar-refractivity contribution in [2.75, 3.05) is 0 Å². The highest BCUT2D eigenvalue weighted by molar-refractivity contribution is 5.93. The van der Waals surface area contributed by atoms with Crippen LogP contribution in [0.4, 0.5) is 0 Å². The number of rotatable bonds is 3. The van der Waals surface area contributed by atoms with E-state index >= 15 is 0 Å². The lowest BCUT2D eigenvalue weighted by atomic mass is 10.2. The molecule has 2 rings (SSSR count). The van der Waals surface area contributed by atoms with Crippen LogP contribution in [0, 0.1) is 12.1 Å². The molecular weight excluding hydrogens is 198 g/mol. The Bertz CT molecular complexity index is 451. The molecule has 0 aliphatic carbocycles. The Hall–Kier alpha value is -2.09. The second kappa shape index (κ2) is 5.12. The van der Waals surface area contributed by atoms with Gasteiger partial charge >= 0.3 is 0 Å². The van der Waals surface area contributed by atoms with E-state index in [1.165, 1.54) is 0 Å². The summed E-state index contributed by atoms with van der Waals surface area (Å²) in [6, 6.07) is 20.5. The van der Waals surface area contributed by atoms with Crippen LogP contribution in [-0.4, -0.2) is 5.91 Å². The van der Waals surface area contributed by atoms with Gasteiger partial charge in [-0.2, -0.15) is 0 Å². The molecule has 2 radical (unpaired) electrons. The number of amides is 1. The van der Waals surface area contributed by atoms with Gasteiger partial charge in [-0.1, -0.05) is 42.5 Å². The number of carbonyl (C=O) groups excluding carboxylic acids is 1. The summed E-state index contributed by atoms with van der Waals surface area (Å²) >= 11 is 0. The van der Waals surface area contributed by atoms with Gasteiger partial charge in [0.05, 0.1) is 0 Å². The fraction of sp³-hybridized carbons (Fsp3) is 0.0714. The molecule has 16 heavy (non-hydrogen) atoms. The molecule has 0 fully saturated rings. The molecule has 0 unspecified atom stereocenters. The van der Waals surface area contributed by atoms with Crippen molar-refractivity contribution in [3.05, 3.63) is 71.8 Å². The third-order valence-electron chi connectivity index (χ3n) is 2.19. The van der Waals surface area contributed by atoms with E-state index in [0.717, 1.165) is 5.56 Å². The van der Waals surface area contributed by atoms with E-state index in [1.807, 2.05) is 30.3 Å². The van der Waals surface area contributed by atoms with Gasteiger partial charge in [-0.15, -0.1) is 0 Å². The molecule has 1 amide bonds. The van der Waals surface area contributed by atoms with Crippen LogP contribution in [0.5, 0.6) is 0 Å². The molecule has 0 aromatic heterocycles. The summed E-state index contributed by atoms with van der Waals surface area (Å²) in [7, 11) is 0. The summed E-state index contributed by atoms with van der Waals surface area (Å²) in [4.78, 5) is 11.7. The Kier molecular flexibility index (Phi) is 3.34. The van der Waals surface area contributed by atoms with Crippen LogP contribution in [0.1, 0.15) is 15.9 Å². The van der Waals surface area contributed by atoms with Crippen LogP contribution in [0.3, 0.4) is 0 Å². The maximum Gasteiger partial charge on any atom is 0.252 e. The molecule has 0 saturated carbocycles. The van der Waals surface area contributed by atoms with Gasteiger partial charge in [0.2, 0.25) is 0 Å². The van der Waals surface area contributed by atoms with Gasteiger partial charge in [0.15, 0.2) is 0 Å². The number of hydrogen-bond acceptors (Lipinski definition) is 1. The second-order valence-electron chi connectivity index (χ2n) is 3.38. The van der Waals surface area contributed by atoms with E-state index in [2.05, 4.69) is 17.4 Å². The fourth-order valence-electron chi connectivity index (χ4n) is 1.36. The number of nitrogens with one attached hydrogen (secondary N) is 1. The van der Waals surface area contributed by atoms with Crippen LogP contribution in [0.15, 0.2) is 48.5 Å². The van der Waals surface area contributed by atoms with Crippen molar-refractivity contribution in [3.63, 3.8) is 0 Å². The Labute approximate surface area is 94.9 Å². The minimum atomic E-state index is -0.124. The van der Waals surface area contributed by atoms with Gasteiger partial charge in [0.1, 0.15) is 0 Å². The second-order valence-corrected chi connectivity index (χ2v) is 3.38. The van der Waals surface area contributed by atoms with Gasteiger partial charge in [-0.05, 0) is 17.7 Å². The van der Waals surface area contributed by atoms with E-state index in [9.17, 15) is 4.79 Å². The van der Waals surface area contributed by atoms with Crippen molar-refractivity contribution in [2.45, 2.75) is 6.54 Å². The minimum Gasteiger partial charge on any atom is -0.348 e. The zero-order valence-electron chi connectivity index (χ0n) is 8.73. The standard InChI is InChI=1S/C14H11NO/c16-14(13-9-5-2-6-10-13)15-11-12-7-3-1-4-8-12/h1-5,7-9H,11H2,(H,15,16). The van der Waals surface area contributed by atoms with Gasteiger partial charge in [0, 0.05) is 18.2 Å². The fourth-order valence-corrected chi connectivity index (χ4v) is 1.36. The molecule has 0 aliphatic heterocycles. The summed E-state index contributed by atoms with van der Waals surface area (Å²) in [5.41, 5.74) is 1.59. The van der Waals surface area contributed by atoms with Crippen LogP contribution in [0.2, 0.25) is 0 Å². The highest BCUT2D eigenvalue weighted by Gasteiger charge is 2.03. The molecule has 2 aromatic carbocycles. The minimum absolute atomic E-state index is 0.124. The molecule has 0 spiro atoms. The molecule has 2 nitrogen and oxygen atoms in total. The topological polar surface area (TPSA) is 29.1 Å². The average Bonchev–Trinajstić information content (AvgIpc) is 2.38. The van der Waals surface area contributed by atoms with Crippen molar-refractivity contribution in [1.29, 1.82) is 0 Å². The van der Waals surface area contributed by atoms with Crippen LogP contribution in [-0.2, 0) is 6.54 Å². The molecule has 78 valence electrons. The van der Waals surface area contributed by atoms with Crippen LogP contribution < -0.4 is 5.32 Å². The van der Waals surface area contributed by atoms with Gasteiger partial charge < -0.3 is 5.32 Å². The van der Waals surface area contributed by atoms with E-state index in [1.54, 1.807) is 18.2 Å². The summed E-state index contributed by atoms with van der Waals surface area (Å²) in [6.07, 6.45) is 0. The SMILES string of the molecule is O=C(NCc1ccccc1)c1[c][c]ccc1. The third kappa shape index (κ3) is 2.70. The highest BCUT2D eigenvalue weighted by Crippen LogP contribution is 2.00. The molecule has 0 saturated heterocycles. The van der Waals surface area contributed by atoms with E-state index in [-0.39, 0.29) is 5.91 Å². The Morgan fingerprint density at radius 3 is 2.62 bits per heavy atom. The van der Waals surface area contributed by atoms with Crippen molar-refractivity contribution in [1.82, 2.24) is 5.32 Å². The van der Waals surface area contributed by atoms with Crippen molar-refractivity contribution in [2.24, 2.45) is 0 Å². The quantitative estimate of drug-likeness (QED) is 0.825. The maximum absolute atomic E-state index is 11.7. The maximum atomic E-state index is 11.7. The Balaban J connectivity index is 1.95. The molecule has 1 N–H and O–H groups in total. The molecule has 2 heteroatoms. The largest absolute Gasteiger partial charge is 0.348 e. The first kappa shape index (κ1) is 10.4. The molecule has 0 heterocycles. The van der Waals surface area contributed by atoms with E-state index < -0.39 is 0 Å². The number of hydrogen-bond donors (Lipinski definition) is 1. The predicted molar refractivity (Wildman–Crippen MR) is 61.7 cm³/mol. The van der Waals surface area contributed by atoms with Gasteiger partial charge in [-0.3, -0.25) is 4.79 Å². The third-order valence-corrected chi connectivity index (χ3v) is 2.19. The molecular formula is C14H11NO. The zero-order valence-corrected chi connectivity index (χ0v) is 8.73. The first-order chi connectivity index (χ1) is 7.86. The summed E-state index contributed by atoms with van der Waals surface area (Å²) in [6.45, 7) is 0.530. The smallest absolute Gasteiger partial charge is 0.252 e. The van der Waals surface area contributed by atoms with Crippen molar-refractivity contribution < 1.29 is 4.79 Å². The summed E-state index contributed by atoms with van der Waals surface area (Å²) in [5, 5.41) is 2.83. The zero-order chi connectivity index (χ0) is 11.2. The van der Waals surface area contributed by atoms with Crippen molar-refractivity contribution in [3.8, 4) is 0 Å². The molecule has 0 atom stereocenters. The highest BCUT2D eigenvalue weighted by atomic mass is 16.1. The predicted octanol–water partition coefficient (Wildman–Crippen LogP) is 2.22. The number of benzene rings is 2. The van der Waals surface area contributed by atoms with Crippen molar-refractivity contribution >= 4 is 5.91 Å². The van der Waals surface area contributed by atoms with Crippen LogP contribution in [0.25, 0.3) is 0 Å². The first-order valence-corrected chi connectivity index (χ1v) is 5.07. The van der Waals surface area contributed by atoms with Gasteiger partial charge in [-0.25, -0.2) is 0 Å². The Morgan fingerprint density at radius 2 is 1.94 bits per heavy atom. The summed E-state index contributed by atoms with van der Waals surface area (Å²) < 4.78 is 0. The lowest BCUT2D eigenvalue weighted by Crippen LogP contribution is -2.22. The van der Waals surface area contributed by atoms with E-state index in [4.69, 9.17) is 0 Å². The average molecular weight is 209 g/mol. The summed E-state index contributed by atoms with van der Waals surface area (Å²) in [5.74, 6) is -0.124. The monoisotopic (exact) mass is 209 g/mol. The lowest BCUT2D eigenvalue weighted by molar-refractivity contribution is 0.0950.